The van der Waals surface area contributed by atoms with Gasteiger partial charge in [0.05, 0.1) is 17.6 Å². The van der Waals surface area contributed by atoms with Gasteiger partial charge in [0, 0.05) is 33.6 Å². The van der Waals surface area contributed by atoms with Crippen molar-refractivity contribution < 1.29 is 32.2 Å². The molecule has 0 radical (unpaired) electrons. The van der Waals surface area contributed by atoms with Crippen LogP contribution >= 0.6 is 0 Å². The normalized spacial score (nSPS) is 11.7. The second-order valence-corrected chi connectivity index (χ2v) is 11.4. The fourth-order valence-electron chi connectivity index (χ4n) is 3.98. The molecule has 14 heteroatoms. The monoisotopic (exact) mass is 614 g/mol. The SMILES string of the molecule is C=CCN(c1cnc(N(CC)CC)nc1NC(Cc1ccc(OC(=O)N(C)C)cc1)C(=O)O)S(=O)(=O)c1ccc(F)cc1. The van der Waals surface area contributed by atoms with Gasteiger partial charge in [-0.15, -0.1) is 6.58 Å². The summed E-state index contributed by atoms with van der Waals surface area (Å²) >= 11 is 0. The van der Waals surface area contributed by atoms with Crippen LogP contribution in [-0.2, 0) is 21.2 Å². The lowest BCUT2D eigenvalue weighted by atomic mass is 10.1. The van der Waals surface area contributed by atoms with Gasteiger partial charge in [-0.1, -0.05) is 18.2 Å². The van der Waals surface area contributed by atoms with Crippen LogP contribution in [-0.4, -0.2) is 80.2 Å². The summed E-state index contributed by atoms with van der Waals surface area (Å²) in [7, 11) is -1.17. The molecular formula is C29H35FN6O6S. The third kappa shape index (κ3) is 8.19. The lowest BCUT2D eigenvalue weighted by molar-refractivity contribution is -0.137. The molecule has 0 spiro atoms. The Morgan fingerprint density at radius 1 is 1.09 bits per heavy atom. The van der Waals surface area contributed by atoms with E-state index >= 15 is 0 Å². The number of hydrogen-bond donors (Lipinski definition) is 2. The number of benzene rings is 2. The maximum Gasteiger partial charge on any atom is 0.414 e. The third-order valence-corrected chi connectivity index (χ3v) is 8.10. The van der Waals surface area contributed by atoms with Crippen molar-refractivity contribution in [1.82, 2.24) is 14.9 Å². The van der Waals surface area contributed by atoms with Gasteiger partial charge in [-0.25, -0.2) is 27.4 Å². The average molecular weight is 615 g/mol. The number of sulfonamides is 1. The van der Waals surface area contributed by atoms with Crippen LogP contribution in [0, 0.1) is 5.82 Å². The number of anilines is 3. The topological polar surface area (TPSA) is 145 Å². The fourth-order valence-corrected chi connectivity index (χ4v) is 5.41. The molecule has 43 heavy (non-hydrogen) atoms. The van der Waals surface area contributed by atoms with Crippen molar-refractivity contribution in [3.8, 4) is 5.75 Å². The second kappa shape index (κ2) is 14.4. The highest BCUT2D eigenvalue weighted by Crippen LogP contribution is 2.31. The van der Waals surface area contributed by atoms with E-state index in [9.17, 15) is 27.5 Å². The molecule has 0 aliphatic rings. The van der Waals surface area contributed by atoms with E-state index in [0.717, 1.165) is 28.6 Å². The molecule has 0 saturated carbocycles. The number of carbonyl (C=O) groups excluding carboxylic acids is 1. The molecule has 0 aliphatic heterocycles. The number of hydrogen-bond acceptors (Lipinski definition) is 9. The highest BCUT2D eigenvalue weighted by molar-refractivity contribution is 7.92. The molecule has 0 fully saturated rings. The Kier molecular flexibility index (Phi) is 11.0. The zero-order chi connectivity index (χ0) is 31.7. The summed E-state index contributed by atoms with van der Waals surface area (Å²) in [5.41, 5.74) is 0.586. The van der Waals surface area contributed by atoms with E-state index in [0.29, 0.717) is 18.7 Å². The number of aliphatic carboxylic acids is 1. The lowest BCUT2D eigenvalue weighted by Crippen LogP contribution is -2.36. The summed E-state index contributed by atoms with van der Waals surface area (Å²) in [5.74, 6) is -1.29. The predicted molar refractivity (Wildman–Crippen MR) is 162 cm³/mol. The van der Waals surface area contributed by atoms with Crippen molar-refractivity contribution in [1.29, 1.82) is 0 Å². The van der Waals surface area contributed by atoms with Crippen molar-refractivity contribution in [2.45, 2.75) is 31.2 Å². The third-order valence-electron chi connectivity index (χ3n) is 6.31. The molecule has 0 saturated heterocycles. The van der Waals surface area contributed by atoms with Crippen LogP contribution < -0.4 is 19.3 Å². The van der Waals surface area contributed by atoms with Crippen molar-refractivity contribution >= 4 is 39.5 Å². The van der Waals surface area contributed by atoms with E-state index in [2.05, 4.69) is 21.9 Å². The van der Waals surface area contributed by atoms with Gasteiger partial charge in [0.2, 0.25) is 5.95 Å². The number of halogens is 1. The highest BCUT2D eigenvalue weighted by atomic mass is 32.2. The maximum absolute atomic E-state index is 13.7. The Morgan fingerprint density at radius 2 is 1.72 bits per heavy atom. The maximum atomic E-state index is 13.7. The number of carbonyl (C=O) groups is 2. The summed E-state index contributed by atoms with van der Waals surface area (Å²) < 4.78 is 47.1. The Labute approximate surface area is 250 Å². The van der Waals surface area contributed by atoms with E-state index in [-0.39, 0.29) is 41.1 Å². The first-order valence-electron chi connectivity index (χ1n) is 13.4. The second-order valence-electron chi connectivity index (χ2n) is 9.50. The molecule has 1 heterocycles. The van der Waals surface area contributed by atoms with Crippen molar-refractivity contribution in [3.05, 3.63) is 78.8 Å². The van der Waals surface area contributed by atoms with E-state index < -0.39 is 33.9 Å². The van der Waals surface area contributed by atoms with Crippen LogP contribution in [0.4, 0.5) is 26.6 Å². The number of ether oxygens (including phenoxy) is 1. The van der Waals surface area contributed by atoms with Gasteiger partial charge in [-0.3, -0.25) is 4.31 Å². The summed E-state index contributed by atoms with van der Waals surface area (Å²) in [6.45, 7) is 8.36. The van der Waals surface area contributed by atoms with E-state index in [1.165, 1.54) is 17.2 Å². The molecule has 1 atom stereocenters. The van der Waals surface area contributed by atoms with E-state index in [1.54, 1.807) is 38.4 Å². The highest BCUT2D eigenvalue weighted by Gasteiger charge is 2.30. The molecular weight excluding hydrogens is 579 g/mol. The van der Waals surface area contributed by atoms with Crippen molar-refractivity contribution in [2.24, 2.45) is 0 Å². The number of carboxylic acids is 1. The van der Waals surface area contributed by atoms with Gasteiger partial charge in [-0.2, -0.15) is 4.98 Å². The first kappa shape index (κ1) is 32.8. The van der Waals surface area contributed by atoms with Gasteiger partial charge in [0.1, 0.15) is 23.3 Å². The van der Waals surface area contributed by atoms with Gasteiger partial charge in [0.25, 0.3) is 10.0 Å². The standard InChI is InChI=1S/C29H35FN6O6S/c1-6-17-36(43(40,41)23-15-11-21(30)12-16-23)25-19-31-28(35(7-2)8-3)33-26(25)32-24(27(37)38)18-20-9-13-22(14-10-20)42-29(39)34(4)5/h6,9-16,19,24H,1,7-8,17-18H2,2-5H3,(H,37,38)(H,31,32,33). The average Bonchev–Trinajstić information content (AvgIpc) is 2.97. The first-order valence-corrected chi connectivity index (χ1v) is 14.8. The van der Waals surface area contributed by atoms with E-state index in [1.807, 2.05) is 18.7 Å². The Hall–Kier alpha value is -4.72. The summed E-state index contributed by atoms with van der Waals surface area (Å²) in [5, 5.41) is 13.0. The quantitative estimate of drug-likeness (QED) is 0.256. The van der Waals surface area contributed by atoms with Gasteiger partial charge in [-0.05, 0) is 55.8 Å². The van der Waals surface area contributed by atoms with Crippen LogP contribution in [0.25, 0.3) is 0 Å². The molecule has 0 aliphatic carbocycles. The lowest BCUT2D eigenvalue weighted by Gasteiger charge is -2.27. The number of nitrogens with zero attached hydrogens (tertiary/aromatic N) is 5. The van der Waals surface area contributed by atoms with Gasteiger partial charge < -0.3 is 25.0 Å². The minimum absolute atomic E-state index is 0.0164. The molecule has 3 aromatic rings. The molecule has 1 unspecified atom stereocenters. The molecule has 1 amide bonds. The smallest absolute Gasteiger partial charge is 0.414 e. The van der Waals surface area contributed by atoms with Gasteiger partial charge in [0.15, 0.2) is 5.82 Å². The minimum atomic E-state index is -4.27. The minimum Gasteiger partial charge on any atom is -0.480 e. The summed E-state index contributed by atoms with van der Waals surface area (Å²) in [4.78, 5) is 36.1. The zero-order valence-corrected chi connectivity index (χ0v) is 25.2. The molecule has 230 valence electrons. The van der Waals surface area contributed by atoms with Crippen molar-refractivity contribution in [3.63, 3.8) is 0 Å². The fraction of sp³-hybridized carbons (Fsp3) is 0.310. The number of aromatic nitrogens is 2. The zero-order valence-electron chi connectivity index (χ0n) is 24.4. The summed E-state index contributed by atoms with van der Waals surface area (Å²) in [6, 6.07) is 9.44. The van der Waals surface area contributed by atoms with Crippen LogP contribution in [0.15, 0.2) is 72.3 Å². The number of rotatable bonds is 14. The number of carboxylic acid groups (broad SMARTS) is 1. The molecule has 3 rings (SSSR count). The first-order chi connectivity index (χ1) is 20.4. The Bertz CT molecular complexity index is 1530. The summed E-state index contributed by atoms with van der Waals surface area (Å²) in [6.07, 6.45) is 2.09. The van der Waals surface area contributed by atoms with Gasteiger partial charge >= 0.3 is 12.1 Å². The number of nitrogens with one attached hydrogen (secondary N) is 1. The molecule has 12 nitrogen and oxygen atoms in total. The van der Waals surface area contributed by atoms with Crippen LogP contribution in [0.2, 0.25) is 0 Å². The molecule has 2 aromatic carbocycles. The Balaban J connectivity index is 2.04. The van der Waals surface area contributed by atoms with Crippen LogP contribution in [0.5, 0.6) is 5.75 Å². The molecule has 2 N–H and O–H groups in total. The largest absolute Gasteiger partial charge is 0.480 e. The predicted octanol–water partition coefficient (Wildman–Crippen LogP) is 4.01. The van der Waals surface area contributed by atoms with E-state index in [4.69, 9.17) is 4.74 Å². The molecule has 1 aromatic heterocycles. The van der Waals surface area contributed by atoms with Crippen LogP contribution in [0.1, 0.15) is 19.4 Å². The number of amides is 1. The van der Waals surface area contributed by atoms with Crippen LogP contribution in [0.3, 0.4) is 0 Å². The molecule has 0 bridgehead atoms. The van der Waals surface area contributed by atoms with Crippen molar-refractivity contribution in [2.75, 3.05) is 48.3 Å². The Morgan fingerprint density at radius 3 is 2.26 bits per heavy atom.